The Morgan fingerprint density at radius 3 is 1.67 bits per heavy atom. The number of nitrogens with zero attached hydrogens (tertiary/aromatic N) is 1. The van der Waals surface area contributed by atoms with E-state index in [-0.39, 0.29) is 0 Å². The Balaban J connectivity index is 1.15. The van der Waals surface area contributed by atoms with Crippen molar-refractivity contribution in [1.29, 1.82) is 0 Å². The molecule has 11 aromatic rings. The van der Waals surface area contributed by atoms with Crippen LogP contribution in [0.2, 0.25) is 0 Å². The van der Waals surface area contributed by atoms with Crippen molar-refractivity contribution in [3.63, 3.8) is 0 Å². The fourth-order valence-electron chi connectivity index (χ4n) is 8.39. The third-order valence-corrected chi connectivity index (χ3v) is 12.2. The molecule has 2 nitrogen and oxygen atoms in total. The van der Waals surface area contributed by atoms with Crippen molar-refractivity contribution in [2.45, 2.75) is 0 Å². The molecule has 2 heterocycles. The molecule has 55 heavy (non-hydrogen) atoms. The summed E-state index contributed by atoms with van der Waals surface area (Å²) in [6.45, 7) is 0. The van der Waals surface area contributed by atoms with Crippen LogP contribution in [-0.2, 0) is 0 Å². The van der Waals surface area contributed by atoms with Gasteiger partial charge in [-0.15, -0.1) is 11.3 Å². The highest BCUT2D eigenvalue weighted by molar-refractivity contribution is 7.27. The predicted molar refractivity (Wildman–Crippen MR) is 235 cm³/mol. The highest BCUT2D eigenvalue weighted by Crippen LogP contribution is 2.49. The van der Waals surface area contributed by atoms with E-state index in [4.69, 9.17) is 4.42 Å². The van der Waals surface area contributed by atoms with E-state index in [2.05, 4.69) is 193 Å². The summed E-state index contributed by atoms with van der Waals surface area (Å²) in [5.41, 5.74) is 12.5. The van der Waals surface area contributed by atoms with E-state index < -0.39 is 0 Å². The molecule has 0 aliphatic carbocycles. The number of thiophene rings is 1. The van der Waals surface area contributed by atoms with Crippen LogP contribution in [0.4, 0.5) is 17.1 Å². The lowest BCUT2D eigenvalue weighted by Gasteiger charge is -2.28. The van der Waals surface area contributed by atoms with E-state index in [0.29, 0.717) is 0 Å². The first-order valence-corrected chi connectivity index (χ1v) is 19.5. The van der Waals surface area contributed by atoms with Gasteiger partial charge in [0.2, 0.25) is 0 Å². The average molecular weight is 720 g/mol. The topological polar surface area (TPSA) is 16.4 Å². The third kappa shape index (κ3) is 5.16. The standard InChI is InChI=1S/C52H33NOS/c1-3-14-34(15-4-1)38-32-33-46(42-19-8-7-18-41(38)42)53(37-30-28-36(29-31-37)39-21-13-27-49-50(39)45-20-9-10-26-48(45)54-49)47-25-12-24-44-43-23-11-22-40(51(43)55-52(44)47)35-16-5-2-6-17-35/h1-33H. The van der Waals surface area contributed by atoms with E-state index in [1.54, 1.807) is 0 Å². The molecule has 3 heteroatoms. The zero-order chi connectivity index (χ0) is 36.3. The van der Waals surface area contributed by atoms with Crippen LogP contribution in [0.1, 0.15) is 0 Å². The van der Waals surface area contributed by atoms with Crippen molar-refractivity contribution in [2.75, 3.05) is 4.90 Å². The molecule has 11 rings (SSSR count). The summed E-state index contributed by atoms with van der Waals surface area (Å²) in [5.74, 6) is 0. The number of rotatable bonds is 6. The molecule has 258 valence electrons. The minimum atomic E-state index is 0.903. The number of anilines is 3. The predicted octanol–water partition coefficient (Wildman–Crippen LogP) is 15.6. The van der Waals surface area contributed by atoms with Gasteiger partial charge in [0.05, 0.1) is 16.1 Å². The fraction of sp³-hybridized carbons (Fsp3) is 0. The smallest absolute Gasteiger partial charge is 0.136 e. The zero-order valence-electron chi connectivity index (χ0n) is 29.8. The molecule has 0 unspecified atom stereocenters. The Morgan fingerprint density at radius 2 is 0.891 bits per heavy atom. The first-order valence-electron chi connectivity index (χ1n) is 18.7. The molecule has 0 aliphatic heterocycles. The number of para-hydroxylation sites is 1. The van der Waals surface area contributed by atoms with Gasteiger partial charge in [0, 0.05) is 37.3 Å². The molecule has 0 fully saturated rings. The summed E-state index contributed by atoms with van der Waals surface area (Å²) in [4.78, 5) is 2.47. The lowest BCUT2D eigenvalue weighted by Crippen LogP contribution is -2.10. The highest BCUT2D eigenvalue weighted by atomic mass is 32.1. The minimum Gasteiger partial charge on any atom is -0.456 e. The Bertz CT molecular complexity index is 3190. The van der Waals surface area contributed by atoms with Crippen LogP contribution < -0.4 is 4.90 Å². The zero-order valence-corrected chi connectivity index (χ0v) is 30.6. The molecular weight excluding hydrogens is 687 g/mol. The van der Waals surface area contributed by atoms with Crippen LogP contribution in [0, 0.1) is 0 Å². The molecule has 0 spiro atoms. The summed E-state index contributed by atoms with van der Waals surface area (Å²) >= 11 is 1.88. The number of furan rings is 1. The van der Waals surface area contributed by atoms with Crippen LogP contribution in [0.3, 0.4) is 0 Å². The van der Waals surface area contributed by atoms with Crippen molar-refractivity contribution in [3.8, 4) is 33.4 Å². The number of hydrogen-bond acceptors (Lipinski definition) is 3. The second-order valence-electron chi connectivity index (χ2n) is 14.0. The lowest BCUT2D eigenvalue weighted by molar-refractivity contribution is 0.669. The molecule has 0 atom stereocenters. The number of fused-ring (bicyclic) bond motifs is 7. The summed E-state index contributed by atoms with van der Waals surface area (Å²) in [5, 5.41) is 7.25. The van der Waals surface area contributed by atoms with Crippen LogP contribution in [0.5, 0.6) is 0 Å². The average Bonchev–Trinajstić information content (AvgIpc) is 3.84. The molecule has 9 aromatic carbocycles. The Morgan fingerprint density at radius 1 is 0.327 bits per heavy atom. The molecule has 2 aromatic heterocycles. The first kappa shape index (κ1) is 31.6. The number of hydrogen-bond donors (Lipinski definition) is 0. The molecule has 0 saturated heterocycles. The molecule has 0 radical (unpaired) electrons. The van der Waals surface area contributed by atoms with Gasteiger partial charge < -0.3 is 9.32 Å². The third-order valence-electron chi connectivity index (χ3n) is 10.9. The Kier molecular flexibility index (Phi) is 7.39. The maximum absolute atomic E-state index is 6.27. The molecule has 0 amide bonds. The Hall–Kier alpha value is -6.94. The molecule has 0 bridgehead atoms. The maximum Gasteiger partial charge on any atom is 0.136 e. The SMILES string of the molecule is c1ccc(-c2ccc(N(c3ccc(-c4cccc5oc6ccccc6c45)cc3)c3cccc4c3sc3c(-c5ccccc5)cccc34)c3ccccc23)cc1. The van der Waals surface area contributed by atoms with Gasteiger partial charge in [-0.2, -0.15) is 0 Å². The summed E-state index contributed by atoms with van der Waals surface area (Å²) in [6, 6.07) is 72.1. The number of benzene rings is 9. The van der Waals surface area contributed by atoms with E-state index in [1.165, 1.54) is 58.8 Å². The second kappa shape index (κ2) is 12.9. The molecular formula is C52H33NOS. The van der Waals surface area contributed by atoms with Crippen LogP contribution in [-0.4, -0.2) is 0 Å². The van der Waals surface area contributed by atoms with E-state index >= 15 is 0 Å². The molecule has 0 N–H and O–H groups in total. The van der Waals surface area contributed by atoms with E-state index in [9.17, 15) is 0 Å². The lowest BCUT2D eigenvalue weighted by atomic mass is 9.96. The summed E-state index contributed by atoms with van der Waals surface area (Å²) < 4.78 is 8.83. The molecule has 0 saturated carbocycles. The highest BCUT2D eigenvalue weighted by Gasteiger charge is 2.22. The monoisotopic (exact) mass is 719 g/mol. The van der Waals surface area contributed by atoms with Crippen LogP contribution in [0.15, 0.2) is 205 Å². The van der Waals surface area contributed by atoms with Crippen molar-refractivity contribution in [2.24, 2.45) is 0 Å². The molecule has 0 aliphatic rings. The van der Waals surface area contributed by atoms with Crippen molar-refractivity contribution in [3.05, 3.63) is 200 Å². The largest absolute Gasteiger partial charge is 0.456 e. The van der Waals surface area contributed by atoms with Gasteiger partial charge in [0.15, 0.2) is 0 Å². The first-order chi connectivity index (χ1) is 27.3. The van der Waals surface area contributed by atoms with Gasteiger partial charge in [-0.05, 0) is 75.2 Å². The van der Waals surface area contributed by atoms with Crippen molar-refractivity contribution >= 4 is 81.3 Å². The van der Waals surface area contributed by atoms with E-state index in [1.807, 2.05) is 23.5 Å². The van der Waals surface area contributed by atoms with Crippen molar-refractivity contribution < 1.29 is 4.42 Å². The summed E-state index contributed by atoms with van der Waals surface area (Å²) in [6.07, 6.45) is 0. The Labute approximate surface area is 322 Å². The second-order valence-corrected chi connectivity index (χ2v) is 15.0. The van der Waals surface area contributed by atoms with Gasteiger partial charge in [0.25, 0.3) is 0 Å². The van der Waals surface area contributed by atoms with Crippen LogP contribution >= 0.6 is 11.3 Å². The normalized spacial score (nSPS) is 11.6. The quantitative estimate of drug-likeness (QED) is 0.170. The maximum atomic E-state index is 6.27. The van der Waals surface area contributed by atoms with Gasteiger partial charge in [-0.25, -0.2) is 0 Å². The van der Waals surface area contributed by atoms with Gasteiger partial charge >= 0.3 is 0 Å². The minimum absolute atomic E-state index is 0.903. The van der Waals surface area contributed by atoms with E-state index in [0.717, 1.165) is 44.6 Å². The van der Waals surface area contributed by atoms with Crippen LogP contribution in [0.25, 0.3) is 86.3 Å². The fourth-order valence-corrected chi connectivity index (χ4v) is 9.73. The van der Waals surface area contributed by atoms with Gasteiger partial charge in [-0.1, -0.05) is 164 Å². The van der Waals surface area contributed by atoms with Gasteiger partial charge in [0.1, 0.15) is 11.2 Å². The van der Waals surface area contributed by atoms with Crippen molar-refractivity contribution in [1.82, 2.24) is 0 Å². The van der Waals surface area contributed by atoms with Gasteiger partial charge in [-0.3, -0.25) is 0 Å². The summed E-state index contributed by atoms with van der Waals surface area (Å²) in [7, 11) is 0.